The molecule has 24 heavy (non-hydrogen) atoms. The number of piperidine rings is 1. The zero-order valence-electron chi connectivity index (χ0n) is 13.4. The predicted octanol–water partition coefficient (Wildman–Crippen LogP) is 0.502. The van der Waals surface area contributed by atoms with E-state index in [1.54, 1.807) is 12.4 Å². The van der Waals surface area contributed by atoms with Crippen LogP contribution in [-0.4, -0.2) is 57.6 Å². The Kier molecular flexibility index (Phi) is 3.97. The molecule has 0 spiro atoms. The van der Waals surface area contributed by atoms with Gasteiger partial charge in [0.1, 0.15) is 12.3 Å². The summed E-state index contributed by atoms with van der Waals surface area (Å²) in [6, 6.07) is 3.95. The summed E-state index contributed by atoms with van der Waals surface area (Å²) in [4.78, 5) is 19.3. The van der Waals surface area contributed by atoms with Crippen LogP contribution in [-0.2, 0) is 0 Å². The standard InChI is InChI=1S/C18H20N4O2/c23-7-1-2-15-3-4-16-9-19-17(12-22(15)16)18(24)20-14-8-13-5-6-21(10-13)11-14/h3-4,9,12-14,23H,5-8,10-11H2,(H,20,24)/t13-,14+/m0/s1. The van der Waals surface area contributed by atoms with Crippen LogP contribution < -0.4 is 5.32 Å². The van der Waals surface area contributed by atoms with Crippen LogP contribution in [0.3, 0.4) is 0 Å². The lowest BCUT2D eigenvalue weighted by molar-refractivity contribution is 0.0904. The van der Waals surface area contributed by atoms with Crippen LogP contribution in [0.15, 0.2) is 24.5 Å². The average molecular weight is 324 g/mol. The van der Waals surface area contributed by atoms with E-state index in [1.165, 1.54) is 13.0 Å². The Balaban J connectivity index is 1.53. The van der Waals surface area contributed by atoms with Gasteiger partial charge in [-0.25, -0.2) is 4.98 Å². The summed E-state index contributed by atoms with van der Waals surface area (Å²) in [6.07, 6.45) is 5.69. The highest BCUT2D eigenvalue weighted by Crippen LogP contribution is 2.26. The molecule has 4 rings (SSSR count). The Labute approximate surface area is 140 Å². The number of aliphatic hydroxyl groups is 1. The normalized spacial score (nSPS) is 25.3. The molecule has 2 N–H and O–H groups in total. The van der Waals surface area contributed by atoms with Crippen LogP contribution in [0.2, 0.25) is 0 Å². The monoisotopic (exact) mass is 324 g/mol. The van der Waals surface area contributed by atoms with E-state index >= 15 is 0 Å². The Bertz CT molecular complexity index is 820. The number of hydrogen-bond donors (Lipinski definition) is 2. The molecule has 2 fully saturated rings. The van der Waals surface area contributed by atoms with Crippen LogP contribution >= 0.6 is 0 Å². The summed E-state index contributed by atoms with van der Waals surface area (Å²) in [5.41, 5.74) is 1.99. The molecule has 2 aliphatic heterocycles. The highest BCUT2D eigenvalue weighted by Gasteiger charge is 2.33. The van der Waals surface area contributed by atoms with Gasteiger partial charge in [0.2, 0.25) is 0 Å². The highest BCUT2D eigenvalue weighted by molar-refractivity contribution is 5.92. The average Bonchev–Trinajstić information content (AvgIpc) is 3.15. The van der Waals surface area contributed by atoms with Crippen molar-refractivity contribution in [1.29, 1.82) is 0 Å². The topological polar surface area (TPSA) is 69.9 Å². The van der Waals surface area contributed by atoms with Crippen molar-refractivity contribution in [3.8, 4) is 11.8 Å². The third-order valence-electron chi connectivity index (χ3n) is 4.87. The van der Waals surface area contributed by atoms with E-state index in [0.717, 1.165) is 30.7 Å². The van der Waals surface area contributed by atoms with Crippen molar-refractivity contribution in [2.45, 2.75) is 18.9 Å². The van der Waals surface area contributed by atoms with Crippen molar-refractivity contribution >= 4 is 11.4 Å². The van der Waals surface area contributed by atoms with Gasteiger partial charge < -0.3 is 19.7 Å². The number of carbonyl (C=O) groups excluding carboxylic acids is 1. The second-order valence-corrected chi connectivity index (χ2v) is 6.57. The molecule has 4 heterocycles. The molecule has 1 unspecified atom stereocenters. The first-order valence-electron chi connectivity index (χ1n) is 8.33. The molecule has 0 aromatic carbocycles. The van der Waals surface area contributed by atoms with Gasteiger partial charge in [0.15, 0.2) is 0 Å². The Hall–Kier alpha value is -2.36. The van der Waals surface area contributed by atoms with Crippen molar-refractivity contribution in [3.63, 3.8) is 0 Å². The lowest BCUT2D eigenvalue weighted by Gasteiger charge is -2.30. The van der Waals surface area contributed by atoms with Crippen LogP contribution in [0.4, 0.5) is 0 Å². The summed E-state index contributed by atoms with van der Waals surface area (Å²) >= 11 is 0. The Morgan fingerprint density at radius 3 is 3.17 bits per heavy atom. The molecule has 6 heteroatoms. The van der Waals surface area contributed by atoms with Crippen LogP contribution in [0.5, 0.6) is 0 Å². The van der Waals surface area contributed by atoms with Crippen LogP contribution in [0.1, 0.15) is 29.0 Å². The number of carbonyl (C=O) groups is 1. The van der Waals surface area contributed by atoms with E-state index < -0.39 is 0 Å². The minimum absolute atomic E-state index is 0.140. The van der Waals surface area contributed by atoms with Gasteiger partial charge in [-0.05, 0) is 43.4 Å². The quantitative estimate of drug-likeness (QED) is 0.790. The van der Waals surface area contributed by atoms with E-state index in [4.69, 9.17) is 5.11 Å². The lowest BCUT2D eigenvalue weighted by Crippen LogP contribution is -2.47. The summed E-state index contributed by atoms with van der Waals surface area (Å²) in [5, 5.41) is 12.0. The third kappa shape index (κ3) is 2.88. The number of nitrogens with zero attached hydrogens (tertiary/aromatic N) is 3. The van der Waals surface area contributed by atoms with Gasteiger partial charge in [0.05, 0.1) is 17.4 Å². The zero-order chi connectivity index (χ0) is 16.5. The highest BCUT2D eigenvalue weighted by atomic mass is 16.2. The van der Waals surface area contributed by atoms with Gasteiger partial charge in [0, 0.05) is 25.3 Å². The van der Waals surface area contributed by atoms with E-state index in [2.05, 4.69) is 27.0 Å². The maximum Gasteiger partial charge on any atom is 0.271 e. The number of hydrogen-bond acceptors (Lipinski definition) is 4. The van der Waals surface area contributed by atoms with Crippen molar-refractivity contribution < 1.29 is 9.90 Å². The molecule has 2 aromatic heterocycles. The van der Waals surface area contributed by atoms with Gasteiger partial charge >= 0.3 is 0 Å². The van der Waals surface area contributed by atoms with Crippen molar-refractivity contribution in [1.82, 2.24) is 19.6 Å². The molecule has 0 aliphatic carbocycles. The van der Waals surface area contributed by atoms with Crippen molar-refractivity contribution in [2.75, 3.05) is 26.2 Å². The number of amides is 1. The molecule has 3 atom stereocenters. The number of aromatic nitrogens is 2. The molecule has 0 radical (unpaired) electrons. The second-order valence-electron chi connectivity index (χ2n) is 6.57. The molecule has 2 aromatic rings. The summed E-state index contributed by atoms with van der Waals surface area (Å²) in [7, 11) is 0. The van der Waals surface area contributed by atoms with E-state index in [0.29, 0.717) is 11.6 Å². The molecule has 124 valence electrons. The first kappa shape index (κ1) is 15.2. The minimum Gasteiger partial charge on any atom is -0.384 e. The van der Waals surface area contributed by atoms with E-state index in [-0.39, 0.29) is 18.6 Å². The Morgan fingerprint density at radius 1 is 1.42 bits per heavy atom. The molecule has 2 aliphatic rings. The second kappa shape index (κ2) is 6.27. The van der Waals surface area contributed by atoms with Gasteiger partial charge in [-0.1, -0.05) is 5.92 Å². The van der Waals surface area contributed by atoms with E-state index in [9.17, 15) is 4.79 Å². The maximum atomic E-state index is 12.6. The summed E-state index contributed by atoms with van der Waals surface area (Å²) in [6.45, 7) is 3.07. The lowest BCUT2D eigenvalue weighted by atomic mass is 9.97. The number of fused-ring (bicyclic) bond motifs is 3. The van der Waals surface area contributed by atoms with Crippen molar-refractivity contribution in [3.05, 3.63) is 35.9 Å². The van der Waals surface area contributed by atoms with Gasteiger partial charge in [-0.2, -0.15) is 0 Å². The SMILES string of the molecule is O=C(N[C@@H]1C[C@@H]2CCN(C2)C1)c1cn2c(C#CCO)ccc2cn1. The van der Waals surface area contributed by atoms with Gasteiger partial charge in [0.25, 0.3) is 5.91 Å². The fourth-order valence-corrected chi connectivity index (χ4v) is 3.78. The van der Waals surface area contributed by atoms with Crippen LogP contribution in [0.25, 0.3) is 5.52 Å². The largest absolute Gasteiger partial charge is 0.384 e. The Morgan fingerprint density at radius 2 is 2.33 bits per heavy atom. The summed E-state index contributed by atoms with van der Waals surface area (Å²) in [5.74, 6) is 6.09. The van der Waals surface area contributed by atoms with Crippen molar-refractivity contribution in [2.24, 2.45) is 5.92 Å². The molecular formula is C18H20N4O2. The smallest absolute Gasteiger partial charge is 0.271 e. The fraction of sp³-hybridized carbons (Fsp3) is 0.444. The molecular weight excluding hydrogens is 304 g/mol. The first-order chi connectivity index (χ1) is 11.7. The third-order valence-corrected chi connectivity index (χ3v) is 4.87. The number of rotatable bonds is 2. The molecule has 1 amide bonds. The number of nitrogens with one attached hydrogen (secondary N) is 1. The zero-order valence-corrected chi connectivity index (χ0v) is 13.4. The summed E-state index contributed by atoms with van der Waals surface area (Å²) < 4.78 is 1.83. The molecule has 0 saturated carbocycles. The molecule has 2 saturated heterocycles. The fourth-order valence-electron chi connectivity index (χ4n) is 3.78. The predicted molar refractivity (Wildman–Crippen MR) is 89.6 cm³/mol. The van der Waals surface area contributed by atoms with Crippen LogP contribution in [0, 0.1) is 17.8 Å². The minimum atomic E-state index is -0.189. The molecule has 2 bridgehead atoms. The molecule has 6 nitrogen and oxygen atoms in total. The number of aliphatic hydroxyl groups excluding tert-OH is 1. The van der Waals surface area contributed by atoms with Gasteiger partial charge in [-0.3, -0.25) is 4.79 Å². The first-order valence-corrected chi connectivity index (χ1v) is 8.33. The van der Waals surface area contributed by atoms with E-state index in [1.807, 2.05) is 16.5 Å². The van der Waals surface area contributed by atoms with Gasteiger partial charge in [-0.15, -0.1) is 0 Å². The maximum absolute atomic E-state index is 12.6.